The number of anilines is 1. The number of aliphatic hydroxyl groups excluding tert-OH is 1. The summed E-state index contributed by atoms with van der Waals surface area (Å²) in [5, 5.41) is 31.5. The van der Waals surface area contributed by atoms with Gasteiger partial charge in [-0.1, -0.05) is 35.9 Å². The Morgan fingerprint density at radius 2 is 1.59 bits per heavy atom. The number of carbonyl (C=O) groups is 3. The Balaban J connectivity index is 1.94. The van der Waals surface area contributed by atoms with E-state index in [0.29, 0.717) is 11.1 Å². The van der Waals surface area contributed by atoms with Crippen LogP contribution in [0.4, 0.5) is 11.4 Å². The minimum Gasteiger partial charge on any atom is -0.507 e. The van der Waals surface area contributed by atoms with Crippen LogP contribution in [0.3, 0.4) is 0 Å². The number of carboxylic acid groups (broad SMARTS) is 1. The number of carboxylic acids is 1. The summed E-state index contributed by atoms with van der Waals surface area (Å²) >= 11 is 0. The fourth-order valence-corrected chi connectivity index (χ4v) is 3.85. The lowest BCUT2D eigenvalue weighted by Crippen LogP contribution is -2.29. The molecule has 0 radical (unpaired) electrons. The number of Topliss-reactive ketones (excluding diaryl/α,β-unsaturated/α-hetero) is 1. The first-order chi connectivity index (χ1) is 16.2. The van der Waals surface area contributed by atoms with Gasteiger partial charge in [0.15, 0.2) is 0 Å². The van der Waals surface area contributed by atoms with Gasteiger partial charge in [0.05, 0.1) is 22.1 Å². The summed E-state index contributed by atoms with van der Waals surface area (Å²) in [7, 11) is 0. The van der Waals surface area contributed by atoms with E-state index in [1.165, 1.54) is 48.5 Å². The fraction of sp³-hybridized carbons (Fsp3) is 0.0800. The normalized spacial score (nSPS) is 17.1. The van der Waals surface area contributed by atoms with Crippen molar-refractivity contribution in [3.8, 4) is 0 Å². The standard InChI is InChI=1S/C25H18N2O7/c1-14-5-7-16(8-6-14)22(28)20-21(15-9-11-18(12-10-15)27(33)34)26(24(30)23(20)29)19-4-2-3-17(13-19)25(31)32/h2-13,21,28H,1H3,(H,31,32)/b22-20+/t21-/m0/s1. The summed E-state index contributed by atoms with van der Waals surface area (Å²) in [6.07, 6.45) is 0. The quantitative estimate of drug-likeness (QED) is 0.192. The Bertz CT molecular complexity index is 1360. The average Bonchev–Trinajstić information content (AvgIpc) is 3.09. The van der Waals surface area contributed by atoms with E-state index in [1.807, 2.05) is 6.92 Å². The highest BCUT2D eigenvalue weighted by atomic mass is 16.6. The highest BCUT2D eigenvalue weighted by Crippen LogP contribution is 2.42. The Kier molecular flexibility index (Phi) is 5.68. The van der Waals surface area contributed by atoms with E-state index in [1.54, 1.807) is 24.3 Å². The Hall–Kier alpha value is -4.79. The van der Waals surface area contributed by atoms with Crippen LogP contribution in [0.2, 0.25) is 0 Å². The highest BCUT2D eigenvalue weighted by Gasteiger charge is 2.47. The van der Waals surface area contributed by atoms with Gasteiger partial charge in [-0.25, -0.2) is 4.79 Å². The Morgan fingerprint density at radius 1 is 0.941 bits per heavy atom. The summed E-state index contributed by atoms with van der Waals surface area (Å²) in [5.41, 5.74) is 1.22. The molecule has 0 spiro atoms. The maximum Gasteiger partial charge on any atom is 0.335 e. The second-order valence-electron chi connectivity index (χ2n) is 7.74. The van der Waals surface area contributed by atoms with Gasteiger partial charge in [-0.15, -0.1) is 0 Å². The number of aryl methyl sites for hydroxylation is 1. The number of aromatic carboxylic acids is 1. The number of nitrogens with zero attached hydrogens (tertiary/aromatic N) is 2. The molecule has 0 unspecified atom stereocenters. The third kappa shape index (κ3) is 3.90. The molecule has 9 nitrogen and oxygen atoms in total. The molecule has 1 heterocycles. The molecule has 34 heavy (non-hydrogen) atoms. The lowest BCUT2D eigenvalue weighted by molar-refractivity contribution is -0.384. The maximum absolute atomic E-state index is 13.1. The number of benzene rings is 3. The monoisotopic (exact) mass is 458 g/mol. The van der Waals surface area contributed by atoms with Gasteiger partial charge in [-0.3, -0.25) is 24.6 Å². The molecule has 4 rings (SSSR count). The molecule has 9 heteroatoms. The summed E-state index contributed by atoms with van der Waals surface area (Å²) in [4.78, 5) is 49.3. The van der Waals surface area contributed by atoms with Crippen LogP contribution in [-0.4, -0.2) is 32.8 Å². The van der Waals surface area contributed by atoms with Crippen molar-refractivity contribution in [3.63, 3.8) is 0 Å². The average molecular weight is 458 g/mol. The molecular formula is C25H18N2O7. The van der Waals surface area contributed by atoms with Crippen molar-refractivity contribution in [3.05, 3.63) is 111 Å². The van der Waals surface area contributed by atoms with Gasteiger partial charge in [0.25, 0.3) is 17.4 Å². The van der Waals surface area contributed by atoms with Crippen LogP contribution in [0.25, 0.3) is 5.76 Å². The van der Waals surface area contributed by atoms with Crippen LogP contribution in [0.5, 0.6) is 0 Å². The molecule has 1 fully saturated rings. The molecule has 1 saturated heterocycles. The van der Waals surface area contributed by atoms with Gasteiger partial charge in [-0.05, 0) is 42.8 Å². The fourth-order valence-electron chi connectivity index (χ4n) is 3.85. The number of nitro groups is 1. The molecule has 0 saturated carbocycles. The van der Waals surface area contributed by atoms with Crippen LogP contribution in [-0.2, 0) is 9.59 Å². The number of hydrogen-bond acceptors (Lipinski definition) is 6. The molecular weight excluding hydrogens is 440 g/mol. The lowest BCUT2D eigenvalue weighted by atomic mass is 9.94. The number of aliphatic hydroxyl groups is 1. The first-order valence-corrected chi connectivity index (χ1v) is 10.1. The molecule has 0 bridgehead atoms. The van der Waals surface area contributed by atoms with Crippen LogP contribution in [0.15, 0.2) is 78.4 Å². The van der Waals surface area contributed by atoms with Gasteiger partial charge in [0.2, 0.25) is 0 Å². The van der Waals surface area contributed by atoms with Crippen molar-refractivity contribution in [1.29, 1.82) is 0 Å². The van der Waals surface area contributed by atoms with Crippen molar-refractivity contribution in [2.45, 2.75) is 13.0 Å². The largest absolute Gasteiger partial charge is 0.507 e. The van der Waals surface area contributed by atoms with Crippen LogP contribution in [0, 0.1) is 17.0 Å². The molecule has 3 aromatic carbocycles. The summed E-state index contributed by atoms with van der Waals surface area (Å²) in [6, 6.07) is 16.3. The van der Waals surface area contributed by atoms with Crippen molar-refractivity contribution in [1.82, 2.24) is 0 Å². The van der Waals surface area contributed by atoms with Gasteiger partial charge >= 0.3 is 5.97 Å². The predicted octanol–water partition coefficient (Wildman–Crippen LogP) is 4.23. The van der Waals surface area contributed by atoms with E-state index in [-0.39, 0.29) is 22.5 Å². The number of ketones is 1. The highest BCUT2D eigenvalue weighted by molar-refractivity contribution is 6.51. The zero-order valence-corrected chi connectivity index (χ0v) is 17.8. The Labute approximate surface area is 193 Å². The predicted molar refractivity (Wildman–Crippen MR) is 122 cm³/mol. The van der Waals surface area contributed by atoms with Crippen molar-refractivity contribution >= 4 is 34.8 Å². The molecule has 0 aromatic heterocycles. The van der Waals surface area contributed by atoms with Crippen molar-refractivity contribution in [2.75, 3.05) is 4.90 Å². The molecule has 2 N–H and O–H groups in total. The zero-order valence-electron chi connectivity index (χ0n) is 17.8. The number of rotatable bonds is 5. The van der Waals surface area contributed by atoms with Gasteiger partial charge < -0.3 is 10.2 Å². The maximum atomic E-state index is 13.1. The first kappa shape index (κ1) is 22.4. The Morgan fingerprint density at radius 3 is 2.18 bits per heavy atom. The van der Waals surface area contributed by atoms with E-state index in [2.05, 4.69) is 0 Å². The van der Waals surface area contributed by atoms with Crippen molar-refractivity contribution in [2.24, 2.45) is 0 Å². The lowest BCUT2D eigenvalue weighted by Gasteiger charge is -2.25. The number of nitro benzene ring substituents is 1. The number of hydrogen-bond donors (Lipinski definition) is 2. The molecule has 1 aliphatic rings. The summed E-state index contributed by atoms with van der Waals surface area (Å²) in [6.45, 7) is 1.86. The van der Waals surface area contributed by atoms with Gasteiger partial charge in [0.1, 0.15) is 5.76 Å². The number of carbonyl (C=O) groups excluding carboxylic acids is 2. The summed E-state index contributed by atoms with van der Waals surface area (Å²) in [5.74, 6) is -3.54. The zero-order chi connectivity index (χ0) is 24.6. The molecule has 170 valence electrons. The molecule has 1 aliphatic heterocycles. The minimum absolute atomic E-state index is 0.0969. The number of non-ortho nitro benzene ring substituents is 1. The molecule has 1 atom stereocenters. The molecule has 3 aromatic rings. The SMILES string of the molecule is Cc1ccc(/C(O)=C2\C(=O)C(=O)N(c3cccc(C(=O)O)c3)[C@H]2c2ccc([N+](=O)[O-])cc2)cc1. The van der Waals surface area contributed by atoms with E-state index in [9.17, 15) is 34.7 Å². The third-order valence-corrected chi connectivity index (χ3v) is 5.56. The second-order valence-corrected chi connectivity index (χ2v) is 7.74. The smallest absolute Gasteiger partial charge is 0.335 e. The van der Waals surface area contributed by atoms with E-state index >= 15 is 0 Å². The number of amides is 1. The van der Waals surface area contributed by atoms with E-state index in [0.717, 1.165) is 10.5 Å². The van der Waals surface area contributed by atoms with Crippen LogP contribution < -0.4 is 4.90 Å². The van der Waals surface area contributed by atoms with Gasteiger partial charge in [-0.2, -0.15) is 0 Å². The minimum atomic E-state index is -1.22. The topological polar surface area (TPSA) is 138 Å². The molecule has 0 aliphatic carbocycles. The second kappa shape index (κ2) is 8.62. The van der Waals surface area contributed by atoms with E-state index in [4.69, 9.17) is 0 Å². The first-order valence-electron chi connectivity index (χ1n) is 10.1. The summed E-state index contributed by atoms with van der Waals surface area (Å²) < 4.78 is 0. The molecule has 1 amide bonds. The van der Waals surface area contributed by atoms with E-state index < -0.39 is 34.4 Å². The van der Waals surface area contributed by atoms with Crippen LogP contribution >= 0.6 is 0 Å². The van der Waals surface area contributed by atoms with Crippen LogP contribution in [0.1, 0.15) is 33.1 Å². The third-order valence-electron chi connectivity index (χ3n) is 5.56. The van der Waals surface area contributed by atoms with Crippen molar-refractivity contribution < 1.29 is 29.5 Å². The van der Waals surface area contributed by atoms with Gasteiger partial charge in [0, 0.05) is 23.4 Å².